The van der Waals surface area contributed by atoms with Crippen molar-refractivity contribution in [1.29, 1.82) is 5.26 Å². The summed E-state index contributed by atoms with van der Waals surface area (Å²) in [5, 5.41) is 15.5. The Morgan fingerprint density at radius 3 is 3.00 bits per heavy atom. The highest BCUT2D eigenvalue weighted by Gasteiger charge is 2.38. The van der Waals surface area contributed by atoms with E-state index in [4.69, 9.17) is 14.1 Å². The van der Waals surface area contributed by atoms with E-state index in [2.05, 4.69) is 11.2 Å². The molecular weight excluding hydrogens is 332 g/mol. The first-order chi connectivity index (χ1) is 11.7. The number of carbonyl (C=O) groups is 1. The van der Waals surface area contributed by atoms with Crippen molar-refractivity contribution in [2.45, 2.75) is 12.5 Å². The summed E-state index contributed by atoms with van der Waals surface area (Å²) < 4.78 is 11.3. The molecule has 0 N–H and O–H groups in total. The number of furan rings is 1. The first-order valence-corrected chi connectivity index (χ1v) is 7.99. The predicted molar refractivity (Wildman–Crippen MR) is 83.5 cm³/mol. The van der Waals surface area contributed by atoms with Crippen LogP contribution in [0.4, 0.5) is 5.00 Å². The molecule has 1 fully saturated rings. The molecule has 9 heteroatoms. The Labute approximate surface area is 139 Å². The van der Waals surface area contributed by atoms with Crippen molar-refractivity contribution in [3.05, 3.63) is 46.0 Å². The number of nitriles is 1. The van der Waals surface area contributed by atoms with Crippen molar-refractivity contribution in [3.8, 4) is 17.7 Å². The number of anilines is 1. The van der Waals surface area contributed by atoms with Crippen LogP contribution in [0.1, 0.15) is 18.0 Å². The predicted octanol–water partition coefficient (Wildman–Crippen LogP) is 2.01. The summed E-state index contributed by atoms with van der Waals surface area (Å²) in [7, 11) is 0. The summed E-state index contributed by atoms with van der Waals surface area (Å²) >= 11 is 1.32. The minimum atomic E-state index is -0.751. The molecule has 1 amide bonds. The van der Waals surface area contributed by atoms with E-state index in [1.54, 1.807) is 23.6 Å². The Balaban J connectivity index is 1.66. The normalized spacial score (nSPS) is 17.4. The van der Waals surface area contributed by atoms with Crippen molar-refractivity contribution in [2.24, 2.45) is 0 Å². The van der Waals surface area contributed by atoms with Gasteiger partial charge >= 0.3 is 5.76 Å². The van der Waals surface area contributed by atoms with E-state index in [1.807, 2.05) is 0 Å². The van der Waals surface area contributed by atoms with Crippen LogP contribution in [0, 0.1) is 11.3 Å². The Morgan fingerprint density at radius 1 is 1.38 bits per heavy atom. The largest absolute Gasteiger partial charge is 0.459 e. The number of amides is 1. The lowest BCUT2D eigenvalue weighted by molar-refractivity contribution is -0.120. The van der Waals surface area contributed by atoms with Gasteiger partial charge in [-0.05, 0) is 30.0 Å². The molecule has 0 aliphatic carbocycles. The van der Waals surface area contributed by atoms with Crippen molar-refractivity contribution >= 4 is 22.2 Å². The summed E-state index contributed by atoms with van der Waals surface area (Å²) in [6.45, 7) is 0.411. The maximum Gasteiger partial charge on any atom is 0.438 e. The molecule has 24 heavy (non-hydrogen) atoms. The molecule has 120 valence electrons. The number of hydrogen-bond acceptors (Lipinski definition) is 7. The molecule has 4 heterocycles. The van der Waals surface area contributed by atoms with Gasteiger partial charge in [-0.15, -0.1) is 16.4 Å². The summed E-state index contributed by atoms with van der Waals surface area (Å²) in [6, 6.07) is 6.24. The topological polar surface area (TPSA) is 105 Å². The molecule has 0 spiro atoms. The van der Waals surface area contributed by atoms with Crippen LogP contribution in [-0.2, 0) is 4.79 Å². The molecule has 1 saturated heterocycles. The second-order valence-corrected chi connectivity index (χ2v) is 6.04. The fraction of sp³-hybridized carbons (Fsp3) is 0.200. The zero-order valence-electron chi connectivity index (χ0n) is 12.2. The second-order valence-electron chi connectivity index (χ2n) is 5.14. The quantitative estimate of drug-likeness (QED) is 0.721. The third kappa shape index (κ3) is 2.16. The summed E-state index contributed by atoms with van der Waals surface area (Å²) in [4.78, 5) is 26.3. The van der Waals surface area contributed by atoms with Gasteiger partial charge in [-0.3, -0.25) is 4.79 Å². The van der Waals surface area contributed by atoms with Crippen LogP contribution in [0.5, 0.6) is 0 Å². The highest BCUT2D eigenvalue weighted by atomic mass is 32.1. The van der Waals surface area contributed by atoms with Gasteiger partial charge in [0.15, 0.2) is 5.76 Å². The van der Waals surface area contributed by atoms with Gasteiger partial charge in [0.1, 0.15) is 17.1 Å². The van der Waals surface area contributed by atoms with E-state index < -0.39 is 11.8 Å². The van der Waals surface area contributed by atoms with Gasteiger partial charge in [0.05, 0.1) is 11.8 Å². The Morgan fingerprint density at radius 2 is 2.25 bits per heavy atom. The monoisotopic (exact) mass is 342 g/mol. The molecule has 0 radical (unpaired) electrons. The third-order valence-corrected chi connectivity index (χ3v) is 4.72. The molecule has 0 unspecified atom stereocenters. The number of nitrogens with zero attached hydrogens (tertiary/aromatic N) is 4. The van der Waals surface area contributed by atoms with E-state index in [0.29, 0.717) is 29.3 Å². The highest BCUT2D eigenvalue weighted by molar-refractivity contribution is 7.14. The SMILES string of the molecule is N#Cc1ccsc1N1CC[C@H](n2nc(-c3ccco3)oc2=O)C1=O. The lowest BCUT2D eigenvalue weighted by atomic mass is 10.2. The van der Waals surface area contributed by atoms with Crippen molar-refractivity contribution in [2.75, 3.05) is 11.4 Å². The molecule has 1 aliphatic heterocycles. The van der Waals surface area contributed by atoms with Crippen LogP contribution >= 0.6 is 11.3 Å². The van der Waals surface area contributed by atoms with E-state index in [0.717, 1.165) is 4.68 Å². The van der Waals surface area contributed by atoms with Gasteiger partial charge in [-0.1, -0.05) is 0 Å². The molecule has 1 atom stereocenters. The Hall–Kier alpha value is -3.12. The minimum Gasteiger partial charge on any atom is -0.459 e. The zero-order chi connectivity index (χ0) is 16.7. The molecule has 0 aromatic carbocycles. The lowest BCUT2D eigenvalue weighted by Crippen LogP contribution is -2.31. The maximum atomic E-state index is 12.7. The third-order valence-electron chi connectivity index (χ3n) is 3.78. The van der Waals surface area contributed by atoms with Crippen molar-refractivity contribution < 1.29 is 13.6 Å². The van der Waals surface area contributed by atoms with Crippen molar-refractivity contribution in [1.82, 2.24) is 9.78 Å². The average molecular weight is 342 g/mol. The highest BCUT2D eigenvalue weighted by Crippen LogP contribution is 2.34. The fourth-order valence-electron chi connectivity index (χ4n) is 2.67. The molecule has 1 aliphatic rings. The molecule has 3 aromatic rings. The van der Waals surface area contributed by atoms with Crippen LogP contribution in [0.15, 0.2) is 43.5 Å². The molecule has 8 nitrogen and oxygen atoms in total. The minimum absolute atomic E-state index is 0.0325. The van der Waals surface area contributed by atoms with Gasteiger partial charge in [0.25, 0.3) is 11.8 Å². The summed E-state index contributed by atoms with van der Waals surface area (Å²) in [5.41, 5.74) is 0.442. The van der Waals surface area contributed by atoms with E-state index in [9.17, 15) is 9.59 Å². The van der Waals surface area contributed by atoms with Gasteiger partial charge in [-0.2, -0.15) is 9.94 Å². The first kappa shape index (κ1) is 14.5. The number of thiophene rings is 1. The van der Waals surface area contributed by atoms with E-state index >= 15 is 0 Å². The number of rotatable bonds is 3. The van der Waals surface area contributed by atoms with E-state index in [1.165, 1.54) is 22.5 Å². The smallest absolute Gasteiger partial charge is 0.438 e. The number of hydrogen-bond donors (Lipinski definition) is 0. The van der Waals surface area contributed by atoms with E-state index in [-0.39, 0.29) is 11.8 Å². The summed E-state index contributed by atoms with van der Waals surface area (Å²) in [5.74, 6) is -0.646. The number of carbonyl (C=O) groups excluding carboxylic acids is 1. The Bertz CT molecular complexity index is 992. The van der Waals surface area contributed by atoms with Crippen LogP contribution in [0.25, 0.3) is 11.7 Å². The van der Waals surface area contributed by atoms with Gasteiger partial charge in [0, 0.05) is 6.54 Å². The molecule has 0 saturated carbocycles. The molecule has 4 rings (SSSR count). The lowest BCUT2D eigenvalue weighted by Gasteiger charge is -2.14. The van der Waals surface area contributed by atoms with Crippen LogP contribution in [-0.4, -0.2) is 22.2 Å². The van der Waals surface area contributed by atoms with Crippen LogP contribution < -0.4 is 10.7 Å². The van der Waals surface area contributed by atoms with Crippen LogP contribution in [0.3, 0.4) is 0 Å². The summed E-state index contributed by atoms with van der Waals surface area (Å²) in [6.07, 6.45) is 1.85. The molecule has 3 aromatic heterocycles. The van der Waals surface area contributed by atoms with Gasteiger partial charge in [-0.25, -0.2) is 4.79 Å². The fourth-order valence-corrected chi connectivity index (χ4v) is 3.56. The van der Waals surface area contributed by atoms with Gasteiger partial charge < -0.3 is 13.7 Å². The molecular formula is C15H10N4O4S. The zero-order valence-corrected chi connectivity index (χ0v) is 13.0. The van der Waals surface area contributed by atoms with Crippen molar-refractivity contribution in [3.63, 3.8) is 0 Å². The maximum absolute atomic E-state index is 12.7. The number of aromatic nitrogens is 2. The molecule has 0 bridgehead atoms. The first-order valence-electron chi connectivity index (χ1n) is 7.11. The average Bonchev–Trinajstić information content (AvgIpc) is 3.32. The Kier molecular flexibility index (Phi) is 3.32. The standard InChI is InChI=1S/C15H10N4O4S/c16-8-9-4-7-24-14(9)18-5-3-10(13(18)20)19-15(21)23-12(17-19)11-2-1-6-22-11/h1-2,4,6-7,10H,3,5H2/t10-/m0/s1. The van der Waals surface area contributed by atoms with Gasteiger partial charge in [0.2, 0.25) is 0 Å². The van der Waals surface area contributed by atoms with Crippen LogP contribution in [0.2, 0.25) is 0 Å². The second kappa shape index (κ2) is 5.50.